The van der Waals surface area contributed by atoms with Gasteiger partial charge in [-0.3, -0.25) is 13.9 Å². The van der Waals surface area contributed by atoms with Crippen molar-refractivity contribution in [2.24, 2.45) is 0 Å². The summed E-state index contributed by atoms with van der Waals surface area (Å²) in [6.45, 7) is 4.99. The lowest BCUT2D eigenvalue weighted by Gasteiger charge is -2.32. The van der Waals surface area contributed by atoms with E-state index in [2.05, 4.69) is 5.32 Å². The Hall–Kier alpha value is -2.29. The summed E-state index contributed by atoms with van der Waals surface area (Å²) >= 11 is 12.2. The zero-order chi connectivity index (χ0) is 24.8. The number of nitrogens with one attached hydrogen (secondary N) is 1. The van der Waals surface area contributed by atoms with E-state index in [9.17, 15) is 18.0 Å². The number of rotatable bonds is 10. The topological polar surface area (TPSA) is 86.8 Å². The Labute approximate surface area is 205 Å². The molecule has 10 heteroatoms. The van der Waals surface area contributed by atoms with Crippen molar-refractivity contribution in [1.82, 2.24) is 10.2 Å². The van der Waals surface area contributed by atoms with Gasteiger partial charge in [-0.25, -0.2) is 8.42 Å². The summed E-state index contributed by atoms with van der Waals surface area (Å²) in [6.07, 6.45) is 1.75. The van der Waals surface area contributed by atoms with E-state index < -0.39 is 28.5 Å². The summed E-state index contributed by atoms with van der Waals surface area (Å²) in [6, 6.07) is 12.2. The molecule has 0 radical (unpaired) electrons. The number of amides is 2. The third kappa shape index (κ3) is 7.62. The maximum absolute atomic E-state index is 13.4. The first-order valence-electron chi connectivity index (χ1n) is 10.5. The molecule has 2 aromatic rings. The lowest BCUT2D eigenvalue weighted by Crippen LogP contribution is -2.52. The Bertz CT molecular complexity index is 1080. The summed E-state index contributed by atoms with van der Waals surface area (Å²) in [7, 11) is -3.79. The summed E-state index contributed by atoms with van der Waals surface area (Å²) in [5, 5.41) is 3.76. The number of benzene rings is 2. The fourth-order valence-electron chi connectivity index (χ4n) is 3.08. The third-order valence-electron chi connectivity index (χ3n) is 5.26. The Morgan fingerprint density at radius 1 is 1.03 bits per heavy atom. The monoisotopic (exact) mass is 513 g/mol. The van der Waals surface area contributed by atoms with Crippen molar-refractivity contribution in [2.45, 2.75) is 45.8 Å². The van der Waals surface area contributed by atoms with E-state index in [-0.39, 0.29) is 18.5 Å². The summed E-state index contributed by atoms with van der Waals surface area (Å²) in [5.41, 5.74) is 0.942. The van der Waals surface area contributed by atoms with E-state index in [0.717, 1.165) is 17.0 Å². The van der Waals surface area contributed by atoms with Crippen molar-refractivity contribution in [3.05, 3.63) is 64.1 Å². The summed E-state index contributed by atoms with van der Waals surface area (Å²) in [4.78, 5) is 27.6. The number of halogens is 2. The predicted molar refractivity (Wildman–Crippen MR) is 133 cm³/mol. The van der Waals surface area contributed by atoms with Gasteiger partial charge in [-0.15, -0.1) is 0 Å². The van der Waals surface area contributed by atoms with E-state index in [1.165, 1.54) is 17.0 Å². The largest absolute Gasteiger partial charge is 0.352 e. The molecule has 2 amide bonds. The van der Waals surface area contributed by atoms with Crippen molar-refractivity contribution in [3.8, 4) is 0 Å². The first-order chi connectivity index (χ1) is 15.4. The second-order valence-corrected chi connectivity index (χ2v) is 10.6. The number of sulfonamides is 1. The van der Waals surface area contributed by atoms with E-state index >= 15 is 0 Å². The summed E-state index contributed by atoms with van der Waals surface area (Å²) in [5.74, 6) is -0.871. The fraction of sp³-hybridized carbons (Fsp3) is 0.391. The van der Waals surface area contributed by atoms with Gasteiger partial charge in [-0.2, -0.15) is 0 Å². The minimum Gasteiger partial charge on any atom is -0.352 e. The normalized spacial score (nSPS) is 13.2. The second-order valence-electron chi connectivity index (χ2n) is 7.85. The highest BCUT2D eigenvalue weighted by Gasteiger charge is 2.30. The molecule has 0 bridgehead atoms. The molecular formula is C23H29Cl2N3O4S. The minimum atomic E-state index is -3.79. The molecule has 2 aromatic carbocycles. The van der Waals surface area contributed by atoms with Crippen LogP contribution in [0.25, 0.3) is 0 Å². The van der Waals surface area contributed by atoms with Crippen LogP contribution in [0.3, 0.4) is 0 Å². The van der Waals surface area contributed by atoms with Gasteiger partial charge in [0.05, 0.1) is 11.9 Å². The highest BCUT2D eigenvalue weighted by molar-refractivity contribution is 7.92. The Kier molecular flexibility index (Phi) is 9.57. The van der Waals surface area contributed by atoms with Gasteiger partial charge in [0.25, 0.3) is 0 Å². The number of nitrogens with zero attached hydrogens (tertiary/aromatic N) is 2. The fourth-order valence-corrected chi connectivity index (χ4v) is 4.25. The van der Waals surface area contributed by atoms with Gasteiger partial charge in [0, 0.05) is 22.6 Å². The Balaban J connectivity index is 2.39. The zero-order valence-corrected chi connectivity index (χ0v) is 21.4. The Morgan fingerprint density at radius 3 is 2.18 bits per heavy atom. The first kappa shape index (κ1) is 27.0. The van der Waals surface area contributed by atoms with Crippen LogP contribution in [0.1, 0.15) is 32.8 Å². The maximum atomic E-state index is 13.4. The molecule has 0 fully saturated rings. The smallest absolute Gasteiger partial charge is 0.244 e. The van der Waals surface area contributed by atoms with E-state index in [1.807, 2.05) is 13.8 Å². The van der Waals surface area contributed by atoms with Gasteiger partial charge < -0.3 is 10.2 Å². The van der Waals surface area contributed by atoms with Crippen molar-refractivity contribution in [2.75, 3.05) is 17.1 Å². The second kappa shape index (κ2) is 11.7. The van der Waals surface area contributed by atoms with E-state index in [0.29, 0.717) is 21.3 Å². The van der Waals surface area contributed by atoms with Gasteiger partial charge >= 0.3 is 0 Å². The lowest BCUT2D eigenvalue weighted by molar-refractivity contribution is -0.139. The molecule has 1 N–H and O–H groups in total. The molecule has 2 rings (SSSR count). The standard InChI is InChI=1S/C23H29Cl2N3O4S/c1-5-16(2)26-23(30)17(3)27(14-18-8-6-7-9-21(18)25)22(29)15-28(33(4,31)32)20-12-10-19(24)11-13-20/h6-13,16-17H,5,14-15H2,1-4H3,(H,26,30)/t16-,17-/m1/s1. The first-order valence-corrected chi connectivity index (χ1v) is 13.1. The molecule has 0 aromatic heterocycles. The average molecular weight is 514 g/mol. The van der Waals surface area contributed by atoms with Crippen LogP contribution in [0.2, 0.25) is 10.0 Å². The van der Waals surface area contributed by atoms with Gasteiger partial charge in [0.15, 0.2) is 0 Å². The van der Waals surface area contributed by atoms with Crippen molar-refractivity contribution in [1.29, 1.82) is 0 Å². The lowest BCUT2D eigenvalue weighted by atomic mass is 10.1. The highest BCUT2D eigenvalue weighted by atomic mass is 35.5. The van der Waals surface area contributed by atoms with Crippen LogP contribution in [-0.2, 0) is 26.2 Å². The van der Waals surface area contributed by atoms with Crippen molar-refractivity contribution in [3.63, 3.8) is 0 Å². The number of hydrogen-bond acceptors (Lipinski definition) is 4. The van der Waals surface area contributed by atoms with Crippen LogP contribution in [-0.4, -0.2) is 50.0 Å². The van der Waals surface area contributed by atoms with Crippen LogP contribution >= 0.6 is 23.2 Å². The number of carbonyl (C=O) groups excluding carboxylic acids is 2. The van der Waals surface area contributed by atoms with Crippen molar-refractivity contribution >= 4 is 50.7 Å². The van der Waals surface area contributed by atoms with Crippen molar-refractivity contribution < 1.29 is 18.0 Å². The molecule has 0 heterocycles. The zero-order valence-electron chi connectivity index (χ0n) is 19.1. The van der Waals surface area contributed by atoms with Crippen LogP contribution in [0.4, 0.5) is 5.69 Å². The molecule has 0 saturated heterocycles. The molecule has 2 atom stereocenters. The third-order valence-corrected chi connectivity index (χ3v) is 7.02. The van der Waals surface area contributed by atoms with Gasteiger partial charge in [-0.1, -0.05) is 48.3 Å². The molecular weight excluding hydrogens is 485 g/mol. The average Bonchev–Trinajstić information content (AvgIpc) is 2.76. The van der Waals surface area contributed by atoms with E-state index in [4.69, 9.17) is 23.2 Å². The molecule has 7 nitrogen and oxygen atoms in total. The highest BCUT2D eigenvalue weighted by Crippen LogP contribution is 2.23. The number of hydrogen-bond donors (Lipinski definition) is 1. The molecule has 33 heavy (non-hydrogen) atoms. The maximum Gasteiger partial charge on any atom is 0.244 e. The molecule has 0 aliphatic heterocycles. The molecule has 0 spiro atoms. The van der Waals surface area contributed by atoms with Gasteiger partial charge in [0.2, 0.25) is 21.8 Å². The quantitative estimate of drug-likeness (QED) is 0.518. The van der Waals surface area contributed by atoms with Crippen LogP contribution in [0, 0.1) is 0 Å². The molecule has 0 aliphatic rings. The SMILES string of the molecule is CC[C@@H](C)NC(=O)[C@@H](C)N(Cc1ccccc1Cl)C(=O)CN(c1ccc(Cl)cc1)S(C)(=O)=O. The van der Waals surface area contributed by atoms with Gasteiger partial charge in [0.1, 0.15) is 12.6 Å². The van der Waals surface area contributed by atoms with Crippen LogP contribution in [0.15, 0.2) is 48.5 Å². The molecule has 0 saturated carbocycles. The molecule has 0 aliphatic carbocycles. The number of anilines is 1. The van der Waals surface area contributed by atoms with Gasteiger partial charge in [-0.05, 0) is 56.2 Å². The predicted octanol–water partition coefficient (Wildman–Crippen LogP) is 4.09. The molecule has 180 valence electrons. The number of carbonyl (C=O) groups is 2. The summed E-state index contributed by atoms with van der Waals surface area (Å²) < 4.78 is 26.0. The van der Waals surface area contributed by atoms with Crippen LogP contribution in [0.5, 0.6) is 0 Å². The van der Waals surface area contributed by atoms with E-state index in [1.54, 1.807) is 43.3 Å². The minimum absolute atomic E-state index is 0.0474. The molecule has 0 unspecified atom stereocenters. The Morgan fingerprint density at radius 2 is 1.64 bits per heavy atom. The van der Waals surface area contributed by atoms with Crippen LogP contribution < -0.4 is 9.62 Å².